The molecule has 2 nitrogen and oxygen atoms in total. The largest absolute Gasteiger partial charge is 0.310 e. The van der Waals surface area contributed by atoms with Crippen molar-refractivity contribution in [3.63, 3.8) is 0 Å². The van der Waals surface area contributed by atoms with Crippen LogP contribution in [0.3, 0.4) is 0 Å². The summed E-state index contributed by atoms with van der Waals surface area (Å²) in [5, 5.41) is 4.98. The minimum absolute atomic E-state index is 0.0910. The van der Waals surface area contributed by atoms with Crippen LogP contribution in [0.1, 0.15) is 25.0 Å². The number of aromatic nitrogens is 1. The molecule has 2 heteroatoms. The predicted molar refractivity (Wildman–Crippen MR) is 216 cm³/mol. The molecule has 0 spiro atoms. The Labute approximate surface area is 298 Å². The lowest BCUT2D eigenvalue weighted by atomic mass is 9.82. The van der Waals surface area contributed by atoms with Gasteiger partial charge in [-0.25, -0.2) is 0 Å². The quantitative estimate of drug-likeness (QED) is 0.180. The number of para-hydroxylation sites is 3. The molecule has 8 aromatic carbocycles. The summed E-state index contributed by atoms with van der Waals surface area (Å²) in [6, 6.07) is 66.7. The molecule has 0 N–H and O–H groups in total. The number of anilines is 3. The normalized spacial score (nSPS) is 13.1. The van der Waals surface area contributed by atoms with E-state index in [0.29, 0.717) is 0 Å². The third-order valence-electron chi connectivity index (χ3n) is 11.0. The molecular formula is C49H36N2. The van der Waals surface area contributed by atoms with E-state index in [0.717, 1.165) is 17.1 Å². The Bertz CT molecular complexity index is 2730. The van der Waals surface area contributed by atoms with Gasteiger partial charge in [-0.15, -0.1) is 0 Å². The SMILES string of the molecule is CC1(C)c2ccccc2-c2ccc(N(c3ccccc3)c3cccc(-c4c(-n5c6ccccc6c6ccccc65)ccc5ccccc45)c3)cc21. The van der Waals surface area contributed by atoms with E-state index in [2.05, 4.69) is 205 Å². The zero-order valence-electron chi connectivity index (χ0n) is 28.7. The topological polar surface area (TPSA) is 8.17 Å². The maximum Gasteiger partial charge on any atom is 0.0547 e. The molecular weight excluding hydrogens is 617 g/mol. The predicted octanol–water partition coefficient (Wildman–Crippen LogP) is 13.4. The molecule has 51 heavy (non-hydrogen) atoms. The summed E-state index contributed by atoms with van der Waals surface area (Å²) < 4.78 is 2.45. The van der Waals surface area contributed by atoms with Gasteiger partial charge in [-0.05, 0) is 93.2 Å². The van der Waals surface area contributed by atoms with Gasteiger partial charge < -0.3 is 9.47 Å². The fourth-order valence-electron chi connectivity index (χ4n) is 8.59. The van der Waals surface area contributed by atoms with Gasteiger partial charge in [0.2, 0.25) is 0 Å². The van der Waals surface area contributed by atoms with Gasteiger partial charge in [0.15, 0.2) is 0 Å². The molecule has 1 aromatic heterocycles. The maximum absolute atomic E-state index is 2.45. The molecule has 0 saturated heterocycles. The molecule has 10 rings (SSSR count). The zero-order valence-corrected chi connectivity index (χ0v) is 28.7. The standard InChI is InChI=1S/C49H36N2/c1-49(2)43-24-11-8-21-39(43)40-29-28-37(32-44(40)49)50(35-17-4-3-5-18-35)36-19-14-16-34(31-36)48-38-20-7-6-15-33(38)27-30-47(48)51-45-25-12-9-22-41(45)42-23-10-13-26-46(42)51/h3-32H,1-2H3. The Balaban J connectivity index is 1.21. The van der Waals surface area contributed by atoms with Gasteiger partial charge in [-0.3, -0.25) is 0 Å². The Morgan fingerprint density at radius 2 is 1.04 bits per heavy atom. The summed E-state index contributed by atoms with van der Waals surface area (Å²) in [6.45, 7) is 4.71. The van der Waals surface area contributed by atoms with Crippen molar-refractivity contribution in [2.75, 3.05) is 4.90 Å². The van der Waals surface area contributed by atoms with Crippen LogP contribution in [-0.2, 0) is 5.41 Å². The second kappa shape index (κ2) is 11.3. The lowest BCUT2D eigenvalue weighted by Crippen LogP contribution is -2.16. The highest BCUT2D eigenvalue weighted by Crippen LogP contribution is 2.51. The van der Waals surface area contributed by atoms with Gasteiger partial charge in [0.25, 0.3) is 0 Å². The van der Waals surface area contributed by atoms with Crippen LogP contribution in [0, 0.1) is 0 Å². The second-order valence-corrected chi connectivity index (χ2v) is 14.2. The Morgan fingerprint density at radius 1 is 0.431 bits per heavy atom. The number of hydrogen-bond donors (Lipinski definition) is 0. The van der Waals surface area contributed by atoms with Gasteiger partial charge in [-0.1, -0.05) is 141 Å². The smallest absolute Gasteiger partial charge is 0.0547 e. The third-order valence-corrected chi connectivity index (χ3v) is 11.0. The summed E-state index contributed by atoms with van der Waals surface area (Å²) in [6.07, 6.45) is 0. The second-order valence-electron chi connectivity index (χ2n) is 14.2. The van der Waals surface area contributed by atoms with Crippen molar-refractivity contribution in [2.45, 2.75) is 19.3 Å². The highest BCUT2D eigenvalue weighted by molar-refractivity contribution is 6.11. The molecule has 0 aliphatic heterocycles. The van der Waals surface area contributed by atoms with Gasteiger partial charge in [0.05, 0.1) is 16.7 Å². The van der Waals surface area contributed by atoms with Crippen molar-refractivity contribution in [1.29, 1.82) is 0 Å². The van der Waals surface area contributed by atoms with E-state index in [-0.39, 0.29) is 5.41 Å². The highest BCUT2D eigenvalue weighted by atomic mass is 15.1. The van der Waals surface area contributed by atoms with Crippen LogP contribution in [0.15, 0.2) is 182 Å². The summed E-state index contributed by atoms with van der Waals surface area (Å²) in [4.78, 5) is 2.41. The minimum Gasteiger partial charge on any atom is -0.310 e. The van der Waals surface area contributed by atoms with Crippen molar-refractivity contribution < 1.29 is 0 Å². The lowest BCUT2D eigenvalue weighted by Gasteiger charge is -2.28. The highest BCUT2D eigenvalue weighted by Gasteiger charge is 2.35. The number of rotatable bonds is 5. The van der Waals surface area contributed by atoms with Crippen LogP contribution in [-0.4, -0.2) is 4.57 Å². The van der Waals surface area contributed by atoms with E-state index in [4.69, 9.17) is 0 Å². The first-order valence-electron chi connectivity index (χ1n) is 17.8. The van der Waals surface area contributed by atoms with Gasteiger partial charge >= 0.3 is 0 Å². The summed E-state index contributed by atoms with van der Waals surface area (Å²) in [5.74, 6) is 0. The molecule has 0 bridgehead atoms. The first-order chi connectivity index (χ1) is 25.1. The minimum atomic E-state index is -0.0910. The number of hydrogen-bond acceptors (Lipinski definition) is 1. The van der Waals surface area contributed by atoms with Crippen molar-refractivity contribution in [1.82, 2.24) is 4.57 Å². The molecule has 0 atom stereocenters. The van der Waals surface area contributed by atoms with E-state index in [1.807, 2.05) is 0 Å². The fraction of sp³-hybridized carbons (Fsp3) is 0.0612. The van der Waals surface area contributed by atoms with Gasteiger partial charge in [-0.2, -0.15) is 0 Å². The van der Waals surface area contributed by atoms with E-state index in [9.17, 15) is 0 Å². The average molecular weight is 653 g/mol. The molecule has 1 heterocycles. The molecule has 0 amide bonds. The summed E-state index contributed by atoms with van der Waals surface area (Å²) >= 11 is 0. The third kappa shape index (κ3) is 4.50. The summed E-state index contributed by atoms with van der Waals surface area (Å²) in [7, 11) is 0. The monoisotopic (exact) mass is 652 g/mol. The Morgan fingerprint density at radius 3 is 1.82 bits per heavy atom. The number of fused-ring (bicyclic) bond motifs is 7. The Hall–Kier alpha value is -6.38. The van der Waals surface area contributed by atoms with Crippen LogP contribution >= 0.6 is 0 Å². The van der Waals surface area contributed by atoms with Crippen molar-refractivity contribution in [3.8, 4) is 27.9 Å². The first kappa shape index (κ1) is 29.5. The molecule has 1 aliphatic rings. The van der Waals surface area contributed by atoms with E-state index >= 15 is 0 Å². The molecule has 9 aromatic rings. The molecule has 1 aliphatic carbocycles. The van der Waals surface area contributed by atoms with Crippen LogP contribution in [0.4, 0.5) is 17.1 Å². The van der Waals surface area contributed by atoms with Crippen molar-refractivity contribution in [2.24, 2.45) is 0 Å². The van der Waals surface area contributed by atoms with Crippen LogP contribution in [0.25, 0.3) is 60.5 Å². The van der Waals surface area contributed by atoms with E-state index < -0.39 is 0 Å². The zero-order chi connectivity index (χ0) is 34.1. The fourth-order valence-corrected chi connectivity index (χ4v) is 8.59. The van der Waals surface area contributed by atoms with Crippen LogP contribution in [0.5, 0.6) is 0 Å². The van der Waals surface area contributed by atoms with Crippen molar-refractivity contribution >= 4 is 49.6 Å². The molecule has 242 valence electrons. The lowest BCUT2D eigenvalue weighted by molar-refractivity contribution is 0.660. The van der Waals surface area contributed by atoms with E-state index in [1.165, 1.54) is 71.6 Å². The number of nitrogens with zero attached hydrogens (tertiary/aromatic N) is 2. The molecule has 0 fully saturated rings. The summed E-state index contributed by atoms with van der Waals surface area (Å²) in [5.41, 5.74) is 14.7. The molecule has 0 unspecified atom stereocenters. The van der Waals surface area contributed by atoms with Gasteiger partial charge in [0.1, 0.15) is 0 Å². The van der Waals surface area contributed by atoms with E-state index in [1.54, 1.807) is 0 Å². The molecule has 0 saturated carbocycles. The van der Waals surface area contributed by atoms with Crippen LogP contribution in [0.2, 0.25) is 0 Å². The first-order valence-corrected chi connectivity index (χ1v) is 17.8. The van der Waals surface area contributed by atoms with Crippen molar-refractivity contribution in [3.05, 3.63) is 193 Å². The van der Waals surface area contributed by atoms with Crippen LogP contribution < -0.4 is 4.90 Å². The Kier molecular flexibility index (Phi) is 6.56. The number of benzene rings is 8. The maximum atomic E-state index is 2.45. The average Bonchev–Trinajstić information content (AvgIpc) is 3.63. The molecule has 0 radical (unpaired) electrons. The van der Waals surface area contributed by atoms with Gasteiger partial charge in [0, 0.05) is 38.8 Å².